The zero-order valence-electron chi connectivity index (χ0n) is 13.4. The highest BCUT2D eigenvalue weighted by molar-refractivity contribution is 5.58. The van der Waals surface area contributed by atoms with E-state index in [4.69, 9.17) is 9.78 Å². The number of hydrogen-bond donors (Lipinski definition) is 0. The summed E-state index contributed by atoms with van der Waals surface area (Å²) in [5, 5.41) is 12.8. The van der Waals surface area contributed by atoms with Crippen molar-refractivity contribution in [3.05, 3.63) is 35.7 Å². The van der Waals surface area contributed by atoms with Crippen molar-refractivity contribution in [2.24, 2.45) is 0 Å². The van der Waals surface area contributed by atoms with Crippen molar-refractivity contribution in [3.8, 4) is 17.5 Å². The molecule has 1 saturated heterocycles. The summed E-state index contributed by atoms with van der Waals surface area (Å²) >= 11 is 0. The van der Waals surface area contributed by atoms with Gasteiger partial charge < -0.3 is 4.52 Å². The summed E-state index contributed by atoms with van der Waals surface area (Å²) in [5.41, 5.74) is 2.16. The molecule has 0 atom stereocenters. The molecule has 0 radical (unpaired) electrons. The van der Waals surface area contributed by atoms with E-state index in [2.05, 4.69) is 26.0 Å². The van der Waals surface area contributed by atoms with Crippen molar-refractivity contribution in [1.82, 2.24) is 19.9 Å². The molecular formula is C17H21N5O. The summed E-state index contributed by atoms with van der Waals surface area (Å²) in [7, 11) is 0. The van der Waals surface area contributed by atoms with E-state index >= 15 is 0 Å². The fourth-order valence-electron chi connectivity index (χ4n) is 2.82. The maximum atomic E-state index is 8.64. The van der Waals surface area contributed by atoms with Gasteiger partial charge in [0.15, 0.2) is 0 Å². The molecule has 0 spiro atoms. The third-order valence-electron chi connectivity index (χ3n) is 4.22. The van der Waals surface area contributed by atoms with Crippen molar-refractivity contribution in [2.45, 2.75) is 19.9 Å². The molecule has 0 N–H and O–H groups in total. The summed E-state index contributed by atoms with van der Waals surface area (Å²) in [6.07, 6.45) is 0.601. The lowest BCUT2D eigenvalue weighted by Gasteiger charge is -2.33. The van der Waals surface area contributed by atoms with Crippen molar-refractivity contribution >= 4 is 0 Å². The molecular weight excluding hydrogens is 290 g/mol. The van der Waals surface area contributed by atoms with Gasteiger partial charge in [-0.3, -0.25) is 9.80 Å². The molecule has 3 rings (SSSR count). The number of nitrogens with zero attached hydrogens (tertiary/aromatic N) is 5. The molecule has 2 heterocycles. The molecule has 0 saturated carbocycles. The van der Waals surface area contributed by atoms with Gasteiger partial charge in [-0.1, -0.05) is 29.4 Å². The number of aromatic nitrogens is 2. The molecule has 120 valence electrons. The Morgan fingerprint density at radius 3 is 2.65 bits per heavy atom. The first-order valence-corrected chi connectivity index (χ1v) is 7.96. The molecule has 1 aliphatic heterocycles. The predicted molar refractivity (Wildman–Crippen MR) is 86.4 cm³/mol. The molecule has 1 aliphatic rings. The Morgan fingerprint density at radius 2 is 1.91 bits per heavy atom. The van der Waals surface area contributed by atoms with Crippen molar-refractivity contribution < 1.29 is 4.52 Å². The van der Waals surface area contributed by atoms with Crippen molar-refractivity contribution in [3.63, 3.8) is 0 Å². The van der Waals surface area contributed by atoms with E-state index in [1.165, 1.54) is 0 Å². The van der Waals surface area contributed by atoms with E-state index in [9.17, 15) is 0 Å². The quantitative estimate of drug-likeness (QED) is 0.842. The minimum atomic E-state index is 0.601. The fourth-order valence-corrected chi connectivity index (χ4v) is 2.82. The van der Waals surface area contributed by atoms with Crippen LogP contribution in [-0.4, -0.2) is 52.7 Å². The summed E-state index contributed by atoms with van der Waals surface area (Å²) in [6, 6.07) is 10.3. The first kappa shape index (κ1) is 15.7. The van der Waals surface area contributed by atoms with Gasteiger partial charge in [0.1, 0.15) is 0 Å². The van der Waals surface area contributed by atoms with E-state index < -0.39 is 0 Å². The topological polar surface area (TPSA) is 69.2 Å². The molecule has 2 aromatic rings. The van der Waals surface area contributed by atoms with Crippen molar-refractivity contribution in [1.29, 1.82) is 5.26 Å². The standard InChI is InChI=1S/C17H21N5O/c1-14-5-2-3-6-15(14)17-19-16(23-20-17)13-22-11-9-21(10-12-22)8-4-7-18/h2-3,5-6H,4,8-13H2,1H3. The first-order chi connectivity index (χ1) is 11.3. The van der Waals surface area contributed by atoms with Gasteiger partial charge in [0.25, 0.3) is 0 Å². The molecule has 0 amide bonds. The van der Waals surface area contributed by atoms with E-state index in [1.807, 2.05) is 31.2 Å². The number of nitriles is 1. The second-order valence-corrected chi connectivity index (χ2v) is 5.85. The summed E-state index contributed by atoms with van der Waals surface area (Å²) in [4.78, 5) is 9.17. The Bertz CT molecular complexity index is 682. The van der Waals surface area contributed by atoms with Gasteiger partial charge in [0, 0.05) is 44.7 Å². The second kappa shape index (κ2) is 7.36. The van der Waals surface area contributed by atoms with Gasteiger partial charge in [-0.2, -0.15) is 10.2 Å². The van der Waals surface area contributed by atoms with Crippen LogP contribution in [0, 0.1) is 18.3 Å². The minimum Gasteiger partial charge on any atom is -0.338 e. The van der Waals surface area contributed by atoms with Crippen LogP contribution in [0.25, 0.3) is 11.4 Å². The first-order valence-electron chi connectivity index (χ1n) is 7.96. The van der Waals surface area contributed by atoms with E-state index in [0.29, 0.717) is 24.7 Å². The molecule has 6 heteroatoms. The van der Waals surface area contributed by atoms with Gasteiger partial charge in [-0.05, 0) is 12.5 Å². The van der Waals surface area contributed by atoms with Crippen LogP contribution in [0.1, 0.15) is 17.9 Å². The SMILES string of the molecule is Cc1ccccc1-c1noc(CN2CCN(CCC#N)CC2)n1. The summed E-state index contributed by atoms with van der Waals surface area (Å²) < 4.78 is 5.41. The van der Waals surface area contributed by atoms with Gasteiger partial charge in [-0.15, -0.1) is 0 Å². The molecule has 0 bridgehead atoms. The molecule has 1 fully saturated rings. The number of piperazine rings is 1. The van der Waals surface area contributed by atoms with Crippen LogP contribution in [0.15, 0.2) is 28.8 Å². The van der Waals surface area contributed by atoms with Gasteiger partial charge in [-0.25, -0.2) is 0 Å². The molecule has 0 aliphatic carbocycles. The zero-order valence-corrected chi connectivity index (χ0v) is 13.4. The Kier molecular flexibility index (Phi) is 5.01. The maximum absolute atomic E-state index is 8.64. The Morgan fingerprint density at radius 1 is 1.17 bits per heavy atom. The number of hydrogen-bond acceptors (Lipinski definition) is 6. The summed E-state index contributed by atoms with van der Waals surface area (Å²) in [5.74, 6) is 1.32. The average molecular weight is 311 g/mol. The largest absolute Gasteiger partial charge is 0.338 e. The second-order valence-electron chi connectivity index (χ2n) is 5.85. The molecule has 0 unspecified atom stereocenters. The Balaban J connectivity index is 1.56. The van der Waals surface area contributed by atoms with Crippen LogP contribution in [0.4, 0.5) is 0 Å². The van der Waals surface area contributed by atoms with Crippen LogP contribution in [-0.2, 0) is 6.54 Å². The van der Waals surface area contributed by atoms with Crippen LogP contribution in [0.5, 0.6) is 0 Å². The van der Waals surface area contributed by atoms with E-state index in [-0.39, 0.29) is 0 Å². The smallest absolute Gasteiger partial charge is 0.241 e. The highest BCUT2D eigenvalue weighted by Gasteiger charge is 2.19. The van der Waals surface area contributed by atoms with Crippen LogP contribution < -0.4 is 0 Å². The number of rotatable bonds is 5. The Hall–Kier alpha value is -2.23. The zero-order chi connectivity index (χ0) is 16.1. The van der Waals surface area contributed by atoms with E-state index in [1.54, 1.807) is 0 Å². The predicted octanol–water partition coefficient (Wildman–Crippen LogP) is 2.08. The maximum Gasteiger partial charge on any atom is 0.241 e. The number of benzene rings is 1. The lowest BCUT2D eigenvalue weighted by molar-refractivity contribution is 0.118. The van der Waals surface area contributed by atoms with Crippen LogP contribution in [0.3, 0.4) is 0 Å². The number of aryl methyl sites for hydroxylation is 1. The fraction of sp³-hybridized carbons (Fsp3) is 0.471. The van der Waals surface area contributed by atoms with Gasteiger partial charge >= 0.3 is 0 Å². The molecule has 1 aromatic carbocycles. The van der Waals surface area contributed by atoms with Gasteiger partial charge in [0.2, 0.25) is 11.7 Å². The van der Waals surface area contributed by atoms with Crippen molar-refractivity contribution in [2.75, 3.05) is 32.7 Å². The van der Waals surface area contributed by atoms with Crippen LogP contribution in [0.2, 0.25) is 0 Å². The van der Waals surface area contributed by atoms with Crippen LogP contribution >= 0.6 is 0 Å². The average Bonchev–Trinajstić information content (AvgIpc) is 3.03. The minimum absolute atomic E-state index is 0.601. The lowest BCUT2D eigenvalue weighted by atomic mass is 10.1. The molecule has 6 nitrogen and oxygen atoms in total. The molecule has 23 heavy (non-hydrogen) atoms. The summed E-state index contributed by atoms with van der Waals surface area (Å²) in [6.45, 7) is 7.50. The third kappa shape index (κ3) is 3.95. The monoisotopic (exact) mass is 311 g/mol. The normalized spacial score (nSPS) is 16.3. The lowest BCUT2D eigenvalue weighted by Crippen LogP contribution is -2.46. The van der Waals surface area contributed by atoms with E-state index in [0.717, 1.165) is 43.9 Å². The Labute approximate surface area is 136 Å². The highest BCUT2D eigenvalue weighted by atomic mass is 16.5. The highest BCUT2D eigenvalue weighted by Crippen LogP contribution is 2.20. The van der Waals surface area contributed by atoms with Gasteiger partial charge in [0.05, 0.1) is 12.6 Å². The molecule has 1 aromatic heterocycles. The third-order valence-corrected chi connectivity index (χ3v) is 4.22.